The lowest BCUT2D eigenvalue weighted by atomic mass is 10.9. The van der Waals surface area contributed by atoms with E-state index in [4.69, 9.17) is 13.9 Å². The van der Waals surface area contributed by atoms with Crippen LogP contribution in [0.15, 0.2) is 0 Å². The fourth-order valence-electron chi connectivity index (χ4n) is 0.364. The number of halogens is 1. The minimum Gasteiger partial charge on any atom is -0.324 e. The molecule has 0 unspecified atom stereocenters. The molecule has 0 amide bonds. The summed E-state index contributed by atoms with van der Waals surface area (Å²) in [7, 11) is 6.00. The van der Waals surface area contributed by atoms with Gasteiger partial charge < -0.3 is 18.8 Å². The minimum absolute atomic E-state index is 0. The molecule has 0 aliphatic heterocycles. The van der Waals surface area contributed by atoms with E-state index in [2.05, 4.69) is 11.8 Å². The molecule has 0 rings (SSSR count). The van der Waals surface area contributed by atoms with E-state index in [-0.39, 0.29) is 24.0 Å². The Balaban J connectivity index is -0.000000209. The summed E-state index contributed by atoms with van der Waals surface area (Å²) >= 11 is 4.56. The molecule has 0 aliphatic rings. The van der Waals surface area contributed by atoms with Crippen LogP contribution in [-0.2, 0) is 20.9 Å². The van der Waals surface area contributed by atoms with E-state index in [9.17, 15) is 0 Å². The molecule has 0 saturated carbocycles. The van der Waals surface area contributed by atoms with Crippen LogP contribution in [-0.4, -0.2) is 44.2 Å². The minimum atomic E-state index is -2.86. The van der Waals surface area contributed by atoms with Crippen molar-refractivity contribution in [3.63, 3.8) is 0 Å². The lowest BCUT2D eigenvalue weighted by Crippen LogP contribution is -1.99. The molecule has 0 aromatic rings. The molecular formula is C7H21INO3PS. The van der Waals surface area contributed by atoms with Crippen molar-refractivity contribution in [1.29, 1.82) is 0 Å². The molecule has 4 nitrogen and oxygen atoms in total. The normalized spacial score (nSPS) is 10.2. The zero-order valence-corrected chi connectivity index (χ0v) is 13.4. The van der Waals surface area contributed by atoms with Crippen LogP contribution < -0.4 is 0 Å². The molecule has 0 atom stereocenters. The van der Waals surface area contributed by atoms with Crippen molar-refractivity contribution in [2.45, 2.75) is 13.8 Å². The predicted octanol–water partition coefficient (Wildman–Crippen LogP) is 2.07. The van der Waals surface area contributed by atoms with E-state index in [0.29, 0.717) is 13.2 Å². The van der Waals surface area contributed by atoms with Gasteiger partial charge in [-0.25, -0.2) is 0 Å². The summed E-state index contributed by atoms with van der Waals surface area (Å²) in [5, 5.41) is 0. The van der Waals surface area contributed by atoms with Crippen molar-refractivity contribution in [3.05, 3.63) is 0 Å². The predicted molar refractivity (Wildman–Crippen MR) is 74.8 cm³/mol. The van der Waals surface area contributed by atoms with Crippen LogP contribution in [0.4, 0.5) is 0 Å². The Morgan fingerprint density at radius 1 is 1.14 bits per heavy atom. The van der Waals surface area contributed by atoms with E-state index in [1.165, 1.54) is 0 Å². The van der Waals surface area contributed by atoms with E-state index >= 15 is 0 Å². The molecule has 0 heterocycles. The lowest BCUT2D eigenvalue weighted by molar-refractivity contribution is 0.212. The van der Waals surface area contributed by atoms with Crippen molar-refractivity contribution in [2.24, 2.45) is 0 Å². The van der Waals surface area contributed by atoms with Crippen molar-refractivity contribution in [3.8, 4) is 0 Å². The van der Waals surface area contributed by atoms with E-state index < -0.39 is 6.72 Å². The first-order valence-electron chi connectivity index (χ1n) is 4.08. The summed E-state index contributed by atoms with van der Waals surface area (Å²) in [4.78, 5) is 11.0. The first kappa shape index (κ1) is 20.6. The molecule has 0 bridgehead atoms. The third kappa shape index (κ3) is 23.2. The molecule has 0 radical (unpaired) electrons. The molecule has 14 heavy (non-hydrogen) atoms. The zero-order valence-electron chi connectivity index (χ0n) is 9.39. The molecule has 0 aliphatic carbocycles. The molecule has 0 aromatic heterocycles. The molecule has 0 saturated heterocycles. The van der Waals surface area contributed by atoms with Gasteiger partial charge in [0.25, 0.3) is 0 Å². The molecule has 90 valence electrons. The maximum absolute atomic E-state index is 9.00. The fraction of sp³-hybridized carbons (Fsp3) is 1.00. The fourth-order valence-corrected chi connectivity index (χ4v) is 1.72. The van der Waals surface area contributed by atoms with Gasteiger partial charge in [-0.05, 0) is 46.8 Å². The smallest absolute Gasteiger partial charge is 0.324 e. The van der Waals surface area contributed by atoms with Gasteiger partial charge in [0.15, 0.2) is 0 Å². The molecule has 0 fully saturated rings. The average Bonchev–Trinajstić information content (AvgIpc) is 1.84. The van der Waals surface area contributed by atoms with Gasteiger partial charge in [-0.1, -0.05) is 0 Å². The second kappa shape index (κ2) is 12.3. The third-order valence-corrected chi connectivity index (χ3v) is 2.39. The van der Waals surface area contributed by atoms with Gasteiger partial charge >= 0.3 is 6.72 Å². The van der Waals surface area contributed by atoms with Crippen LogP contribution in [0.3, 0.4) is 0 Å². The highest BCUT2D eigenvalue weighted by Gasteiger charge is 2.10. The Kier molecular flexibility index (Phi) is 18.1. The summed E-state index contributed by atoms with van der Waals surface area (Å²) in [6.07, 6.45) is 0. The summed E-state index contributed by atoms with van der Waals surface area (Å²) in [6.45, 7) is 1.45. The van der Waals surface area contributed by atoms with Gasteiger partial charge in [0, 0.05) is 0 Å². The van der Waals surface area contributed by atoms with Gasteiger partial charge in [-0.2, -0.15) is 0 Å². The Morgan fingerprint density at radius 2 is 1.36 bits per heavy atom. The number of nitrogens with zero attached hydrogens (tertiary/aromatic N) is 1. The number of hydrogen-bond donors (Lipinski definition) is 1. The Morgan fingerprint density at radius 3 is 1.50 bits per heavy atom. The third-order valence-electron chi connectivity index (χ3n) is 0.584. The average molecular weight is 357 g/mol. The first-order chi connectivity index (χ1) is 5.85. The van der Waals surface area contributed by atoms with Crippen LogP contribution in [0.5, 0.6) is 0 Å². The SMILES string of the molecule is CCOP(O)(=S)OCC.CN(C)C.I. The lowest BCUT2D eigenvalue weighted by Gasteiger charge is -2.12. The van der Waals surface area contributed by atoms with Gasteiger partial charge in [0.2, 0.25) is 0 Å². The molecule has 1 N–H and O–H groups in total. The van der Waals surface area contributed by atoms with E-state index in [1.54, 1.807) is 13.8 Å². The quantitative estimate of drug-likeness (QED) is 0.616. The maximum atomic E-state index is 9.00. The van der Waals surface area contributed by atoms with Crippen LogP contribution >= 0.6 is 30.7 Å². The van der Waals surface area contributed by atoms with Gasteiger partial charge in [0.05, 0.1) is 13.2 Å². The van der Waals surface area contributed by atoms with Gasteiger partial charge in [0.1, 0.15) is 0 Å². The Bertz CT molecular complexity index is 147. The zero-order chi connectivity index (χ0) is 10.9. The number of hydrogen-bond acceptors (Lipinski definition) is 4. The molecule has 0 aromatic carbocycles. The topological polar surface area (TPSA) is 41.9 Å². The van der Waals surface area contributed by atoms with Crippen LogP contribution in [0.25, 0.3) is 0 Å². The van der Waals surface area contributed by atoms with Crippen LogP contribution in [0, 0.1) is 0 Å². The summed E-state index contributed by atoms with van der Waals surface area (Å²) in [6, 6.07) is 0. The van der Waals surface area contributed by atoms with Crippen molar-refractivity contribution in [2.75, 3.05) is 34.4 Å². The highest BCUT2D eigenvalue weighted by Crippen LogP contribution is 2.42. The van der Waals surface area contributed by atoms with Gasteiger partial charge in [-0.3, -0.25) is 0 Å². The van der Waals surface area contributed by atoms with Crippen molar-refractivity contribution >= 4 is 42.5 Å². The summed E-state index contributed by atoms with van der Waals surface area (Å²) < 4.78 is 9.46. The van der Waals surface area contributed by atoms with Crippen molar-refractivity contribution < 1.29 is 13.9 Å². The second-order valence-electron chi connectivity index (χ2n) is 2.65. The Hall–Kier alpha value is 1.22. The van der Waals surface area contributed by atoms with Crippen molar-refractivity contribution in [1.82, 2.24) is 4.90 Å². The number of rotatable bonds is 4. The van der Waals surface area contributed by atoms with E-state index in [0.717, 1.165) is 0 Å². The molecular weight excluding hydrogens is 336 g/mol. The van der Waals surface area contributed by atoms with Gasteiger partial charge in [-0.15, -0.1) is 24.0 Å². The standard InChI is InChI=1S/C4H11O3PS.C3H9N.HI/c1-3-6-8(5,9)7-4-2;1-4(2)3;/h3-4H2,1-2H3,(H,5,9);1-3H3;1H. The van der Waals surface area contributed by atoms with Crippen LogP contribution in [0.1, 0.15) is 13.8 Å². The monoisotopic (exact) mass is 357 g/mol. The summed E-state index contributed by atoms with van der Waals surface area (Å²) in [5.74, 6) is 0. The van der Waals surface area contributed by atoms with Crippen LogP contribution in [0.2, 0.25) is 0 Å². The highest BCUT2D eigenvalue weighted by molar-refractivity contribution is 14.0. The molecule has 7 heteroatoms. The maximum Gasteiger partial charge on any atom is 0.324 e. The highest BCUT2D eigenvalue weighted by atomic mass is 127. The molecule has 0 spiro atoms. The second-order valence-corrected chi connectivity index (χ2v) is 5.48. The van der Waals surface area contributed by atoms with E-state index in [1.807, 2.05) is 26.0 Å². The largest absolute Gasteiger partial charge is 0.324 e. The first-order valence-corrected chi connectivity index (χ1v) is 6.67. The summed E-state index contributed by atoms with van der Waals surface area (Å²) in [5.41, 5.74) is 0. The Labute approximate surface area is 109 Å².